The first-order chi connectivity index (χ1) is 56.8. The number of benzene rings is 1. The molecule has 5 unspecified atom stereocenters. The van der Waals surface area contributed by atoms with Gasteiger partial charge in [0.25, 0.3) is 0 Å². The highest BCUT2D eigenvalue weighted by atomic mass is 16.5. The van der Waals surface area contributed by atoms with E-state index in [-0.39, 0.29) is 85.0 Å². The Morgan fingerprint density at radius 1 is 0.429 bits per heavy atom. The summed E-state index contributed by atoms with van der Waals surface area (Å²) in [5.41, 5.74) is 42.6. The van der Waals surface area contributed by atoms with Gasteiger partial charge in [-0.15, -0.1) is 0 Å². The number of nitrogens with zero attached hydrogens (tertiary/aromatic N) is 7. The van der Waals surface area contributed by atoms with Crippen LogP contribution in [-0.2, 0) is 67.1 Å². The molecule has 4 fully saturated rings. The van der Waals surface area contributed by atoms with Crippen LogP contribution >= 0.6 is 0 Å². The van der Waals surface area contributed by atoms with E-state index in [2.05, 4.69) is 41.5 Å². The van der Waals surface area contributed by atoms with Crippen molar-refractivity contribution in [3.05, 3.63) is 24.3 Å². The van der Waals surface area contributed by atoms with Crippen molar-refractivity contribution in [1.82, 2.24) is 29.4 Å². The van der Waals surface area contributed by atoms with Gasteiger partial charge in [0, 0.05) is 110 Å². The normalized spacial score (nSPS) is 15.9. The van der Waals surface area contributed by atoms with Crippen molar-refractivity contribution in [3.63, 3.8) is 0 Å². The highest BCUT2D eigenvalue weighted by Crippen LogP contribution is 2.29. The lowest BCUT2D eigenvalue weighted by molar-refractivity contribution is -0.193. The fourth-order valence-electron chi connectivity index (χ4n) is 13.2. The third-order valence-electron chi connectivity index (χ3n) is 19.6. The molecule has 0 aromatic heterocycles. The molecular formula is C74H145B5N14O26. The van der Waals surface area contributed by atoms with Crippen LogP contribution < -0.4 is 49.8 Å². The smallest absolute Gasteiger partial charge is 0.451 e. The van der Waals surface area contributed by atoms with Crippen LogP contribution in [0, 0.1) is 5.92 Å². The molecule has 4 aliphatic rings. The number of nitrogens with two attached hydrogens (primary N) is 7. The minimum absolute atomic E-state index is 0.0248. The monoisotopic (exact) mass is 1700 g/mol. The van der Waals surface area contributed by atoms with E-state index >= 15 is 0 Å². The van der Waals surface area contributed by atoms with E-state index < -0.39 is 41.6 Å². The molecule has 5 rings (SSSR count). The van der Waals surface area contributed by atoms with Crippen LogP contribution in [0.4, 0.5) is 5.69 Å². The van der Waals surface area contributed by atoms with Gasteiger partial charge in [0.2, 0.25) is 5.91 Å². The number of hydrogen-bond acceptors (Lipinski definition) is 38. The molecule has 45 heteroatoms. The number of carbonyl (C=O) groups is 2. The third-order valence-corrected chi connectivity index (χ3v) is 19.6. The van der Waals surface area contributed by atoms with E-state index in [0.717, 1.165) is 245 Å². The fourth-order valence-corrected chi connectivity index (χ4v) is 13.2. The Hall–Kier alpha value is -6.52. The summed E-state index contributed by atoms with van der Waals surface area (Å²) in [5.74, 6) is 0.205. The molecule has 1 amide bonds. The maximum Gasteiger partial charge on any atom is 0.451 e. The number of para-hydroxylation sites is 2. The summed E-state index contributed by atoms with van der Waals surface area (Å²) in [6.07, 6.45) is 29.6. The molecule has 0 radical (unpaired) electrons. The van der Waals surface area contributed by atoms with Crippen molar-refractivity contribution in [2.24, 2.45) is 46.1 Å². The fraction of sp³-hybridized carbons (Fsp3) is 0.811. The summed E-state index contributed by atoms with van der Waals surface area (Å²) in [6.45, 7) is 17.0. The van der Waals surface area contributed by atoms with Crippen molar-refractivity contribution in [3.8, 4) is 5.75 Å². The average Bonchev–Trinajstić information content (AvgIpc) is 1.52. The number of ether oxygens (including phenoxy) is 1. The lowest BCUT2D eigenvalue weighted by atomic mass is 9.83. The SMILES string of the molecule is CN(C)C(=O)[C@@H]1CCCN1CCC(N)CCCCB(O)O.COc1ccccc1N1CCN(CCC(N)CCCCB(O)O)CC1.NC(CCCCB(O)O)CCN1CCCCC1.NC(CCCCB(O)O)CCN1CCC[C@@H](C(=O)O)C1.NCCN(CCN)CCC(N)CCCCB(O)O.O=C=O.O=C=O.O=C=O.O=C=O.O=C=O.O=C=O. The number of anilines is 1. The second-order valence-electron chi connectivity index (χ2n) is 29.3. The predicted octanol–water partition coefficient (Wildman–Crippen LogP) is -2.88. The number of likely N-dealkylation sites (N-methyl/N-ethyl adjacent to an activating group) is 1. The zero-order valence-electron chi connectivity index (χ0n) is 70.8. The van der Waals surface area contributed by atoms with Crippen molar-refractivity contribution in [2.45, 2.75) is 241 Å². The Morgan fingerprint density at radius 3 is 1.10 bits per heavy atom. The maximum atomic E-state index is 12.1. The minimum atomic E-state index is -1.22. The van der Waals surface area contributed by atoms with E-state index in [4.69, 9.17) is 158 Å². The maximum absolute atomic E-state index is 12.1. The summed E-state index contributed by atoms with van der Waals surface area (Å²) in [4.78, 5) is 136. The molecule has 1 aromatic rings. The Balaban J connectivity index is -0.000000320. The van der Waals surface area contributed by atoms with Gasteiger partial charge in [-0.3, -0.25) is 19.4 Å². The first-order valence-electron chi connectivity index (χ1n) is 41.2. The zero-order chi connectivity index (χ0) is 91.4. The Morgan fingerprint density at radius 2 is 0.756 bits per heavy atom. The number of carboxylic acids is 1. The lowest BCUT2D eigenvalue weighted by Gasteiger charge is -2.37. The van der Waals surface area contributed by atoms with E-state index in [9.17, 15) is 9.59 Å². The molecule has 25 N–H and O–H groups in total. The molecule has 40 nitrogen and oxygen atoms in total. The number of carboxylic acid groups (broad SMARTS) is 1. The van der Waals surface area contributed by atoms with Crippen LogP contribution in [0.3, 0.4) is 0 Å². The largest absolute Gasteiger partial charge is 0.495 e. The first kappa shape index (κ1) is 123. The van der Waals surface area contributed by atoms with Crippen LogP contribution in [-0.4, -0.2) is 344 Å². The van der Waals surface area contributed by atoms with Gasteiger partial charge in [-0.2, -0.15) is 57.5 Å². The number of likely N-dealkylation sites (tertiary alicyclic amines) is 3. The molecule has 7 atom stereocenters. The van der Waals surface area contributed by atoms with E-state index in [1.54, 1.807) is 26.1 Å². The van der Waals surface area contributed by atoms with Crippen molar-refractivity contribution >= 4 is 90.1 Å². The number of piperazine rings is 1. The number of unbranched alkanes of at least 4 members (excludes halogenated alkanes) is 5. The quantitative estimate of drug-likeness (QED) is 0.0230. The van der Waals surface area contributed by atoms with E-state index in [1.807, 2.05) is 12.1 Å². The number of methoxy groups -OCH3 is 1. The second-order valence-corrected chi connectivity index (χ2v) is 29.3. The van der Waals surface area contributed by atoms with Gasteiger partial charge in [0.05, 0.1) is 24.8 Å². The molecule has 4 aliphatic heterocycles. The number of carbonyl (C=O) groups excluding carboxylic acids is 13. The second kappa shape index (κ2) is 89.2. The Labute approximate surface area is 705 Å². The van der Waals surface area contributed by atoms with Crippen LogP contribution in [0.1, 0.15) is 173 Å². The van der Waals surface area contributed by atoms with Crippen molar-refractivity contribution < 1.29 is 127 Å². The zero-order valence-corrected chi connectivity index (χ0v) is 70.8. The molecule has 0 aliphatic carbocycles. The molecule has 4 saturated heterocycles. The number of aliphatic carboxylic acids is 1. The topological polar surface area (TPSA) is 676 Å². The number of amides is 1. The summed E-state index contributed by atoms with van der Waals surface area (Å²) < 4.78 is 5.46. The number of hydrogen-bond donors (Lipinski definition) is 18. The predicted molar refractivity (Wildman–Crippen MR) is 444 cm³/mol. The van der Waals surface area contributed by atoms with Gasteiger partial charge in [0.15, 0.2) is 0 Å². The molecule has 0 spiro atoms. The lowest BCUT2D eigenvalue weighted by Crippen LogP contribution is -2.47. The summed E-state index contributed by atoms with van der Waals surface area (Å²) in [7, 11) is -0.616. The molecule has 0 bridgehead atoms. The molecule has 682 valence electrons. The van der Waals surface area contributed by atoms with Gasteiger partial charge >= 0.3 is 78.5 Å². The van der Waals surface area contributed by atoms with Gasteiger partial charge in [0.1, 0.15) is 5.75 Å². The molecule has 0 saturated carbocycles. The summed E-state index contributed by atoms with van der Waals surface area (Å²) in [5, 5.41) is 96.5. The molecule has 119 heavy (non-hydrogen) atoms. The summed E-state index contributed by atoms with van der Waals surface area (Å²) in [6, 6.07) is 9.07. The Kier molecular flexibility index (Phi) is 92.5. The summed E-state index contributed by atoms with van der Waals surface area (Å²) >= 11 is 0. The van der Waals surface area contributed by atoms with Gasteiger partial charge in [-0.1, -0.05) is 82.8 Å². The average molecular weight is 1700 g/mol. The third kappa shape index (κ3) is 83.5. The van der Waals surface area contributed by atoms with E-state index in [1.165, 1.54) is 38.0 Å². The van der Waals surface area contributed by atoms with Crippen molar-refractivity contribution in [2.75, 3.05) is 144 Å². The molecule has 1 aromatic carbocycles. The van der Waals surface area contributed by atoms with Crippen molar-refractivity contribution in [1.29, 1.82) is 0 Å². The van der Waals surface area contributed by atoms with Crippen LogP contribution in [0.25, 0.3) is 0 Å². The van der Waals surface area contributed by atoms with Crippen LogP contribution in [0.2, 0.25) is 31.6 Å². The van der Waals surface area contributed by atoms with E-state index in [0.29, 0.717) is 51.2 Å². The highest BCUT2D eigenvalue weighted by Gasteiger charge is 2.32. The van der Waals surface area contributed by atoms with Gasteiger partial charge in [-0.25, -0.2) is 0 Å². The minimum Gasteiger partial charge on any atom is -0.495 e. The van der Waals surface area contributed by atoms with Gasteiger partial charge < -0.3 is 125 Å². The number of rotatable bonds is 48. The highest BCUT2D eigenvalue weighted by molar-refractivity contribution is 6.42. The van der Waals surface area contributed by atoms with Crippen LogP contribution in [0.15, 0.2) is 24.3 Å². The number of piperidine rings is 2. The molecule has 4 heterocycles. The Bertz CT molecular complexity index is 2620. The van der Waals surface area contributed by atoms with Crippen LogP contribution in [0.5, 0.6) is 5.75 Å². The standard InChI is InChI=1S/C18H32BN3O3.C14H30BN3O3.C13H27BN2O4.C12H27BN2O2.C11H29BN4O2.6CO2/c1-25-18-8-3-2-7-17(18)22-14-12-21(13-15-22)11-9-16(20)6-4-5-10-19(23)24;1-17(2)14(19)13-7-5-10-18(13)11-8-12(16)6-3-4-9-15(20)21;15-12(5-1-2-7-14(19)20)6-9-16-8-3-4-11(10-16)13(17)18;14-12(6-2-3-8-13(16)17)7-11-15-9-4-1-5-10-15;13-6-9-16(10-7-14)8-4-11(15)3-1-2-5-12(17)18;6*2-1-3/h2-3,7-8,16,23-24H,4-6,9-15,20H2,1H3;12-13,20-21H,3-11,16H2,1-2H3;11-12,19-20H,1-10,15H2,(H,17,18);12,16-17H,1-11,14H2;11,17-18H,1-10,13-15H2;;;;;;/t;12?,13-;11-,12?;;;;;;;;/m.01......../s1. The molecular weight excluding hydrogens is 1550 g/mol. The first-order valence-corrected chi connectivity index (χ1v) is 41.2. The van der Waals surface area contributed by atoms with Gasteiger partial charge in [-0.05, 0) is 199 Å².